The number of hydrogen-bond acceptors (Lipinski definition) is 5. The van der Waals surface area contributed by atoms with Gasteiger partial charge in [-0.2, -0.15) is 0 Å². The first kappa shape index (κ1) is 14.9. The summed E-state index contributed by atoms with van der Waals surface area (Å²) < 4.78 is 6.65. The van der Waals surface area contributed by atoms with Crippen LogP contribution in [0.4, 0.5) is 0 Å². The van der Waals surface area contributed by atoms with Crippen LogP contribution in [-0.4, -0.2) is 20.3 Å². The summed E-state index contributed by atoms with van der Waals surface area (Å²) in [6, 6.07) is 8.39. The predicted molar refractivity (Wildman–Crippen MR) is 84.3 cm³/mol. The fourth-order valence-corrected chi connectivity index (χ4v) is 2.14. The molecule has 0 saturated heterocycles. The SMILES string of the molecule is Cc1ccn2c(=O)cc(COC(=O)c3ccc(C)nc3)nc2c1. The van der Waals surface area contributed by atoms with Crippen LogP contribution in [-0.2, 0) is 11.3 Å². The number of hydrogen-bond donors (Lipinski definition) is 0. The van der Waals surface area contributed by atoms with Crippen molar-refractivity contribution in [3.05, 3.63) is 75.6 Å². The van der Waals surface area contributed by atoms with Gasteiger partial charge in [0.2, 0.25) is 0 Å². The van der Waals surface area contributed by atoms with Crippen molar-refractivity contribution in [2.24, 2.45) is 0 Å². The molecule has 0 aliphatic heterocycles. The van der Waals surface area contributed by atoms with Gasteiger partial charge >= 0.3 is 5.97 Å². The molecule has 3 rings (SSSR count). The molecule has 0 radical (unpaired) electrons. The van der Waals surface area contributed by atoms with Gasteiger partial charge < -0.3 is 4.74 Å². The maximum absolute atomic E-state index is 12.0. The van der Waals surface area contributed by atoms with E-state index in [1.807, 2.05) is 19.9 Å². The van der Waals surface area contributed by atoms with Gasteiger partial charge in [-0.3, -0.25) is 14.2 Å². The van der Waals surface area contributed by atoms with Gasteiger partial charge in [-0.1, -0.05) is 0 Å². The molecular formula is C17H15N3O3. The molecular weight excluding hydrogens is 294 g/mol. The summed E-state index contributed by atoms with van der Waals surface area (Å²) >= 11 is 0. The normalized spacial score (nSPS) is 10.7. The second kappa shape index (κ2) is 6.00. The number of nitrogens with zero attached hydrogens (tertiary/aromatic N) is 3. The molecule has 6 nitrogen and oxygen atoms in total. The van der Waals surface area contributed by atoms with Crippen LogP contribution in [0.25, 0.3) is 5.65 Å². The fourth-order valence-electron chi connectivity index (χ4n) is 2.14. The number of aryl methyl sites for hydroxylation is 2. The number of pyridine rings is 2. The first-order chi connectivity index (χ1) is 11.0. The van der Waals surface area contributed by atoms with E-state index < -0.39 is 5.97 Å². The van der Waals surface area contributed by atoms with Crippen molar-refractivity contribution < 1.29 is 9.53 Å². The van der Waals surface area contributed by atoms with Crippen molar-refractivity contribution in [2.75, 3.05) is 0 Å². The first-order valence-corrected chi connectivity index (χ1v) is 7.12. The van der Waals surface area contributed by atoms with Gasteiger partial charge in [0.05, 0.1) is 11.3 Å². The van der Waals surface area contributed by atoms with Gasteiger partial charge in [-0.15, -0.1) is 0 Å². The summed E-state index contributed by atoms with van der Waals surface area (Å²) in [6.45, 7) is 3.69. The topological polar surface area (TPSA) is 73.6 Å². The Balaban J connectivity index is 1.80. The smallest absolute Gasteiger partial charge is 0.340 e. The summed E-state index contributed by atoms with van der Waals surface area (Å²) in [5, 5.41) is 0. The quantitative estimate of drug-likeness (QED) is 0.692. The largest absolute Gasteiger partial charge is 0.456 e. The van der Waals surface area contributed by atoms with Crippen LogP contribution in [0.1, 0.15) is 27.3 Å². The van der Waals surface area contributed by atoms with E-state index in [1.54, 1.807) is 24.4 Å². The fraction of sp³-hybridized carbons (Fsp3) is 0.176. The number of carbonyl (C=O) groups excluding carboxylic acids is 1. The van der Waals surface area contributed by atoms with E-state index in [2.05, 4.69) is 9.97 Å². The molecule has 0 N–H and O–H groups in total. The lowest BCUT2D eigenvalue weighted by Crippen LogP contribution is -2.16. The second-order valence-electron chi connectivity index (χ2n) is 5.28. The number of esters is 1. The standard InChI is InChI=1S/C17H15N3O3/c1-11-5-6-20-15(7-11)19-14(8-16(20)21)10-23-17(22)13-4-3-12(2)18-9-13/h3-9H,10H2,1-2H3. The molecule has 0 unspecified atom stereocenters. The zero-order chi connectivity index (χ0) is 16.4. The number of carbonyl (C=O) groups is 1. The third kappa shape index (κ3) is 3.26. The number of fused-ring (bicyclic) bond motifs is 1. The molecule has 0 fully saturated rings. The van der Waals surface area contributed by atoms with E-state index in [1.165, 1.54) is 16.7 Å². The van der Waals surface area contributed by atoms with E-state index in [9.17, 15) is 9.59 Å². The Kier molecular flexibility index (Phi) is 3.89. The van der Waals surface area contributed by atoms with Crippen LogP contribution >= 0.6 is 0 Å². The number of ether oxygens (including phenoxy) is 1. The molecule has 0 saturated carbocycles. The van der Waals surface area contributed by atoms with Gasteiger partial charge in [0.25, 0.3) is 5.56 Å². The van der Waals surface area contributed by atoms with E-state index in [-0.39, 0.29) is 12.2 Å². The van der Waals surface area contributed by atoms with Crippen LogP contribution in [0.15, 0.2) is 47.5 Å². The molecule has 0 aromatic carbocycles. The van der Waals surface area contributed by atoms with Crippen molar-refractivity contribution in [1.29, 1.82) is 0 Å². The highest BCUT2D eigenvalue weighted by molar-refractivity contribution is 5.88. The molecule has 0 bridgehead atoms. The molecule has 0 amide bonds. The van der Waals surface area contributed by atoms with Gasteiger partial charge in [0, 0.05) is 24.2 Å². The highest BCUT2D eigenvalue weighted by Gasteiger charge is 2.09. The number of rotatable bonds is 3. The van der Waals surface area contributed by atoms with Crippen LogP contribution in [0, 0.1) is 13.8 Å². The minimum Gasteiger partial charge on any atom is -0.456 e. The molecule has 0 aliphatic rings. The van der Waals surface area contributed by atoms with Crippen LogP contribution in [0.2, 0.25) is 0 Å². The lowest BCUT2D eigenvalue weighted by atomic mass is 10.2. The van der Waals surface area contributed by atoms with Gasteiger partial charge in [0.15, 0.2) is 0 Å². The highest BCUT2D eigenvalue weighted by atomic mass is 16.5. The van der Waals surface area contributed by atoms with Crippen LogP contribution < -0.4 is 5.56 Å². The minimum absolute atomic E-state index is 0.0631. The maximum Gasteiger partial charge on any atom is 0.340 e. The van der Waals surface area contributed by atoms with Crippen molar-refractivity contribution in [2.45, 2.75) is 20.5 Å². The van der Waals surface area contributed by atoms with Crippen molar-refractivity contribution in [1.82, 2.24) is 14.4 Å². The summed E-state index contributed by atoms with van der Waals surface area (Å²) in [6.07, 6.45) is 3.14. The molecule has 3 aromatic rings. The van der Waals surface area contributed by atoms with E-state index in [0.717, 1.165) is 11.3 Å². The highest BCUT2D eigenvalue weighted by Crippen LogP contribution is 2.06. The molecule has 0 spiro atoms. The van der Waals surface area contributed by atoms with Gasteiger partial charge in [-0.25, -0.2) is 9.78 Å². The van der Waals surface area contributed by atoms with Crippen molar-refractivity contribution in [3.63, 3.8) is 0 Å². The third-order valence-electron chi connectivity index (χ3n) is 3.37. The Bertz CT molecular complexity index is 930. The van der Waals surface area contributed by atoms with Crippen molar-refractivity contribution in [3.8, 4) is 0 Å². The van der Waals surface area contributed by atoms with E-state index >= 15 is 0 Å². The lowest BCUT2D eigenvalue weighted by Gasteiger charge is -2.06. The summed E-state index contributed by atoms with van der Waals surface area (Å²) in [7, 11) is 0. The van der Waals surface area contributed by atoms with E-state index in [0.29, 0.717) is 16.9 Å². The molecule has 0 aliphatic carbocycles. The molecule has 6 heteroatoms. The molecule has 116 valence electrons. The predicted octanol–water partition coefficient (Wildman–Crippen LogP) is 2.06. The number of aromatic nitrogens is 3. The lowest BCUT2D eigenvalue weighted by molar-refractivity contribution is 0.0467. The third-order valence-corrected chi connectivity index (χ3v) is 3.37. The molecule has 3 aromatic heterocycles. The first-order valence-electron chi connectivity index (χ1n) is 7.12. The average molecular weight is 309 g/mol. The van der Waals surface area contributed by atoms with Crippen molar-refractivity contribution >= 4 is 11.6 Å². The zero-order valence-corrected chi connectivity index (χ0v) is 12.8. The minimum atomic E-state index is -0.497. The monoisotopic (exact) mass is 309 g/mol. The van der Waals surface area contributed by atoms with Crippen LogP contribution in [0.3, 0.4) is 0 Å². The summed E-state index contributed by atoms with van der Waals surface area (Å²) in [5.41, 5.74) is 2.91. The Morgan fingerprint density at radius 3 is 2.78 bits per heavy atom. The Morgan fingerprint density at radius 1 is 1.22 bits per heavy atom. The van der Waals surface area contributed by atoms with Gasteiger partial charge in [-0.05, 0) is 43.7 Å². The van der Waals surface area contributed by atoms with Gasteiger partial charge in [0.1, 0.15) is 12.3 Å². The Morgan fingerprint density at radius 2 is 2.04 bits per heavy atom. The van der Waals surface area contributed by atoms with E-state index in [4.69, 9.17) is 4.74 Å². The zero-order valence-electron chi connectivity index (χ0n) is 12.8. The summed E-state index contributed by atoms with van der Waals surface area (Å²) in [4.78, 5) is 32.4. The van der Waals surface area contributed by atoms with Crippen LogP contribution in [0.5, 0.6) is 0 Å². The Labute approximate surface area is 132 Å². The Hall–Kier alpha value is -3.02. The summed E-state index contributed by atoms with van der Waals surface area (Å²) in [5.74, 6) is -0.497. The maximum atomic E-state index is 12.0. The molecule has 0 atom stereocenters. The molecule has 3 heterocycles. The molecule has 23 heavy (non-hydrogen) atoms. The average Bonchev–Trinajstić information content (AvgIpc) is 2.53. The second-order valence-corrected chi connectivity index (χ2v) is 5.28.